The summed E-state index contributed by atoms with van der Waals surface area (Å²) >= 11 is 0. The molecule has 0 heterocycles. The molecule has 0 radical (unpaired) electrons. The summed E-state index contributed by atoms with van der Waals surface area (Å²) in [6.07, 6.45) is 31.9. The van der Waals surface area contributed by atoms with Crippen molar-refractivity contribution in [1.29, 1.82) is 0 Å². The Morgan fingerprint density at radius 2 is 1.56 bits per heavy atom. The van der Waals surface area contributed by atoms with Crippen LogP contribution in [0.1, 0.15) is 149 Å². The maximum atomic E-state index is 4.03. The van der Waals surface area contributed by atoms with Crippen LogP contribution in [-0.2, 0) is 0 Å². The van der Waals surface area contributed by atoms with Gasteiger partial charge in [0.2, 0.25) is 0 Å². The molecule has 0 spiro atoms. The van der Waals surface area contributed by atoms with Crippen molar-refractivity contribution >= 4 is 0 Å². The fourth-order valence-corrected chi connectivity index (χ4v) is 10.3. The molecular formula is C35H63N. The lowest BCUT2D eigenvalue weighted by Gasteiger charge is -2.62. The molecule has 0 N–H and O–H groups in total. The topological polar surface area (TPSA) is 3.24 Å². The first-order chi connectivity index (χ1) is 17.5. The lowest BCUT2D eigenvalue weighted by molar-refractivity contribution is -0.130. The number of rotatable bonds is 14. The molecule has 0 aromatic carbocycles. The van der Waals surface area contributed by atoms with Crippen molar-refractivity contribution in [3.05, 3.63) is 12.7 Å². The molecule has 1 nitrogen and oxygen atoms in total. The quantitative estimate of drug-likeness (QED) is 0.170. The van der Waals surface area contributed by atoms with Gasteiger partial charge in [0.15, 0.2) is 0 Å². The van der Waals surface area contributed by atoms with Gasteiger partial charge in [0.05, 0.1) is 0 Å². The molecule has 208 valence electrons. The fourth-order valence-electron chi connectivity index (χ4n) is 10.3. The fraction of sp³-hybridized carbons (Fsp3) is 0.943. The number of fused-ring (bicyclic) bond motifs is 5. The van der Waals surface area contributed by atoms with Crippen LogP contribution in [0.15, 0.2) is 12.7 Å². The molecule has 36 heavy (non-hydrogen) atoms. The van der Waals surface area contributed by atoms with Crippen molar-refractivity contribution in [3.8, 4) is 0 Å². The highest BCUT2D eigenvalue weighted by atomic mass is 15.1. The van der Waals surface area contributed by atoms with Gasteiger partial charge >= 0.3 is 0 Å². The monoisotopic (exact) mass is 497 g/mol. The van der Waals surface area contributed by atoms with Gasteiger partial charge in [0.25, 0.3) is 0 Å². The van der Waals surface area contributed by atoms with Crippen LogP contribution < -0.4 is 0 Å². The van der Waals surface area contributed by atoms with Crippen molar-refractivity contribution < 1.29 is 0 Å². The summed E-state index contributed by atoms with van der Waals surface area (Å²) in [5.74, 6) is 5.26. The van der Waals surface area contributed by atoms with Gasteiger partial charge in [-0.25, -0.2) is 0 Å². The highest BCUT2D eigenvalue weighted by molar-refractivity contribution is 5.06. The molecule has 0 aliphatic heterocycles. The van der Waals surface area contributed by atoms with Crippen molar-refractivity contribution in [3.63, 3.8) is 0 Å². The summed E-state index contributed by atoms with van der Waals surface area (Å²) in [5.41, 5.74) is 1.36. The molecule has 4 aliphatic carbocycles. The van der Waals surface area contributed by atoms with E-state index in [1.54, 1.807) is 51.4 Å². The normalized spacial score (nSPS) is 38.3. The van der Waals surface area contributed by atoms with Crippen LogP contribution in [0.3, 0.4) is 0 Å². The van der Waals surface area contributed by atoms with E-state index in [2.05, 4.69) is 38.3 Å². The van der Waals surface area contributed by atoms with E-state index in [-0.39, 0.29) is 0 Å². The predicted octanol–water partition coefficient (Wildman–Crippen LogP) is 10.4. The average molecular weight is 498 g/mol. The Labute approximate surface area is 226 Å². The number of unbranched alkanes of at least 4 members (excludes halogenated alkanes) is 6. The molecule has 0 amide bonds. The first-order valence-electron chi connectivity index (χ1n) is 16.8. The molecule has 0 saturated heterocycles. The zero-order valence-corrected chi connectivity index (χ0v) is 24.9. The summed E-state index contributed by atoms with van der Waals surface area (Å²) < 4.78 is 0. The first kappa shape index (κ1) is 28.7. The summed E-state index contributed by atoms with van der Waals surface area (Å²) in [5, 5.41) is 0. The SMILES string of the molecule is C=CCN(CCCCCCCC)CCCC[C@H]1CCC2C3CCC4CCCC[C@]4(C)C3CC[C@]2(C)C1. The zero-order valence-electron chi connectivity index (χ0n) is 24.9. The van der Waals surface area contributed by atoms with Crippen molar-refractivity contribution in [2.75, 3.05) is 19.6 Å². The minimum absolute atomic E-state index is 0.661. The van der Waals surface area contributed by atoms with Crippen LogP contribution in [0.2, 0.25) is 0 Å². The maximum absolute atomic E-state index is 4.03. The largest absolute Gasteiger partial charge is 0.300 e. The molecule has 4 unspecified atom stereocenters. The Kier molecular flexibility index (Phi) is 10.9. The summed E-state index contributed by atoms with van der Waals surface area (Å²) in [7, 11) is 0. The van der Waals surface area contributed by atoms with Crippen LogP contribution in [0.4, 0.5) is 0 Å². The van der Waals surface area contributed by atoms with E-state index in [0.717, 1.165) is 36.1 Å². The van der Waals surface area contributed by atoms with Crippen LogP contribution in [-0.4, -0.2) is 24.5 Å². The van der Waals surface area contributed by atoms with E-state index in [1.807, 2.05) is 0 Å². The number of hydrogen-bond donors (Lipinski definition) is 0. The molecule has 1 heteroatoms. The van der Waals surface area contributed by atoms with E-state index in [1.165, 1.54) is 90.1 Å². The summed E-state index contributed by atoms with van der Waals surface area (Å²) in [6, 6.07) is 0. The van der Waals surface area contributed by atoms with Gasteiger partial charge in [0, 0.05) is 6.54 Å². The molecule has 4 fully saturated rings. The van der Waals surface area contributed by atoms with E-state index in [0.29, 0.717) is 10.8 Å². The van der Waals surface area contributed by atoms with Gasteiger partial charge in [-0.15, -0.1) is 6.58 Å². The van der Waals surface area contributed by atoms with E-state index >= 15 is 0 Å². The summed E-state index contributed by atoms with van der Waals surface area (Å²) in [4.78, 5) is 2.68. The lowest BCUT2D eigenvalue weighted by atomic mass is 9.42. The standard InChI is InChI=1S/C35H63N/c1-5-7-8-9-10-14-26-36(25-6-2)27-15-12-16-29-18-21-32-31-20-19-30-17-11-13-23-35(30,4)33(31)22-24-34(32,3)28-29/h6,29-33H,2,5,7-28H2,1,3-4H3/t29-,30?,31?,32?,33?,34+,35-/m0/s1. The molecule has 4 aliphatic rings. The third-order valence-corrected chi connectivity index (χ3v) is 12.3. The smallest absolute Gasteiger partial charge is 0.0160 e. The Bertz CT molecular complexity index is 655. The van der Waals surface area contributed by atoms with Crippen LogP contribution in [0, 0.1) is 40.4 Å². The molecule has 4 saturated carbocycles. The van der Waals surface area contributed by atoms with Gasteiger partial charge in [-0.3, -0.25) is 4.90 Å². The second-order valence-corrected chi connectivity index (χ2v) is 14.6. The van der Waals surface area contributed by atoms with Crippen LogP contribution in [0.5, 0.6) is 0 Å². The molecule has 0 aromatic heterocycles. The molecule has 0 bridgehead atoms. The van der Waals surface area contributed by atoms with Gasteiger partial charge in [-0.2, -0.15) is 0 Å². The Morgan fingerprint density at radius 1 is 0.778 bits per heavy atom. The number of hydrogen-bond acceptors (Lipinski definition) is 1. The molecule has 4 rings (SSSR count). The van der Waals surface area contributed by atoms with Crippen LogP contribution >= 0.6 is 0 Å². The van der Waals surface area contributed by atoms with Crippen molar-refractivity contribution in [2.24, 2.45) is 40.4 Å². The van der Waals surface area contributed by atoms with E-state index in [9.17, 15) is 0 Å². The zero-order chi connectivity index (χ0) is 25.4. The highest BCUT2D eigenvalue weighted by Gasteiger charge is 2.57. The predicted molar refractivity (Wildman–Crippen MR) is 158 cm³/mol. The maximum Gasteiger partial charge on any atom is 0.0160 e. The third kappa shape index (κ3) is 6.82. The van der Waals surface area contributed by atoms with Crippen molar-refractivity contribution in [1.82, 2.24) is 4.90 Å². The van der Waals surface area contributed by atoms with Crippen LogP contribution in [0.25, 0.3) is 0 Å². The van der Waals surface area contributed by atoms with Gasteiger partial charge in [-0.05, 0) is 118 Å². The molecule has 7 atom stereocenters. The highest BCUT2D eigenvalue weighted by Crippen LogP contribution is 2.66. The Morgan fingerprint density at radius 3 is 2.36 bits per heavy atom. The Balaban J connectivity index is 1.19. The van der Waals surface area contributed by atoms with Gasteiger partial charge in [-0.1, -0.05) is 91.1 Å². The first-order valence-corrected chi connectivity index (χ1v) is 16.8. The lowest BCUT2D eigenvalue weighted by Crippen LogP contribution is -2.54. The third-order valence-electron chi connectivity index (χ3n) is 12.3. The second kappa shape index (κ2) is 13.7. The Hall–Kier alpha value is -0.300. The van der Waals surface area contributed by atoms with Crippen molar-refractivity contribution in [2.45, 2.75) is 149 Å². The average Bonchev–Trinajstić information content (AvgIpc) is 2.87. The molecular weight excluding hydrogens is 434 g/mol. The van der Waals surface area contributed by atoms with Gasteiger partial charge < -0.3 is 0 Å². The minimum atomic E-state index is 0.661. The summed E-state index contributed by atoms with van der Waals surface area (Å²) in [6.45, 7) is 15.5. The van der Waals surface area contributed by atoms with Gasteiger partial charge in [0.1, 0.15) is 0 Å². The number of nitrogens with zero attached hydrogens (tertiary/aromatic N) is 1. The second-order valence-electron chi connectivity index (χ2n) is 14.6. The minimum Gasteiger partial charge on any atom is -0.300 e. The van der Waals surface area contributed by atoms with E-state index < -0.39 is 0 Å². The molecule has 0 aromatic rings. The van der Waals surface area contributed by atoms with E-state index in [4.69, 9.17) is 0 Å².